The summed E-state index contributed by atoms with van der Waals surface area (Å²) in [4.78, 5) is 16.7. The first-order valence-corrected chi connectivity index (χ1v) is 6.79. The Morgan fingerprint density at radius 2 is 1.61 bits per heavy atom. The van der Waals surface area contributed by atoms with E-state index in [2.05, 4.69) is 9.97 Å². The summed E-state index contributed by atoms with van der Waals surface area (Å²) in [5.41, 5.74) is -1.78. The fraction of sp³-hybridized carbons (Fsp3) is 0. The lowest BCUT2D eigenvalue weighted by molar-refractivity contribution is 0.449. The number of H-pyrrole nitrogens is 2. The van der Waals surface area contributed by atoms with E-state index in [9.17, 15) is 25.4 Å². The third-order valence-electron chi connectivity index (χ3n) is 3.45. The van der Waals surface area contributed by atoms with Gasteiger partial charge in [0.1, 0.15) is 28.7 Å². The van der Waals surface area contributed by atoms with E-state index >= 15 is 0 Å². The van der Waals surface area contributed by atoms with Crippen molar-refractivity contribution in [2.24, 2.45) is 0 Å². The van der Waals surface area contributed by atoms with Crippen LogP contribution in [0.15, 0.2) is 29.1 Å². The maximum absolute atomic E-state index is 12.1. The molecule has 0 aliphatic heterocycles. The Morgan fingerprint density at radius 3 is 2.17 bits per heavy atom. The van der Waals surface area contributed by atoms with Gasteiger partial charge in [-0.25, -0.2) is 0 Å². The molecule has 114 valence electrons. The van der Waals surface area contributed by atoms with Crippen LogP contribution >= 0.6 is 12.2 Å². The summed E-state index contributed by atoms with van der Waals surface area (Å²) in [6.07, 6.45) is 0. The minimum Gasteiger partial charge on any atom is -0.507 e. The van der Waals surface area contributed by atoms with Crippen molar-refractivity contribution in [2.45, 2.75) is 0 Å². The van der Waals surface area contributed by atoms with Crippen molar-refractivity contribution in [1.82, 2.24) is 9.97 Å². The lowest BCUT2D eigenvalue weighted by Gasteiger charge is -2.13. The molecular formula is C15H9N3O4S. The molecule has 0 saturated heterocycles. The number of nitriles is 1. The second-order valence-corrected chi connectivity index (χ2v) is 5.14. The Morgan fingerprint density at radius 1 is 1.00 bits per heavy atom. The van der Waals surface area contributed by atoms with Crippen molar-refractivity contribution >= 4 is 23.0 Å². The first kappa shape index (κ1) is 14.6. The molecule has 0 spiro atoms. The molecule has 0 amide bonds. The molecule has 7 nitrogen and oxygen atoms in total. The fourth-order valence-corrected chi connectivity index (χ4v) is 2.65. The van der Waals surface area contributed by atoms with Gasteiger partial charge in [0.25, 0.3) is 5.56 Å². The summed E-state index contributed by atoms with van der Waals surface area (Å²) in [6, 6.07) is 8.05. The van der Waals surface area contributed by atoms with Gasteiger partial charge in [-0.3, -0.25) is 9.78 Å². The fourth-order valence-electron chi connectivity index (χ4n) is 2.46. The number of hydrogen-bond acceptors (Lipinski definition) is 6. The van der Waals surface area contributed by atoms with Crippen LogP contribution in [0.1, 0.15) is 5.56 Å². The smallest absolute Gasteiger partial charge is 0.263 e. The standard InChI is InChI=1S/C15H9N3O4S/c16-5-8-9(10-13(21)17-15(23)18-14(10)22)12(20)7-4-2-1-3-6(7)11(8)19/h1-4,19-20H,(H3,17,18,21,22,23). The highest BCUT2D eigenvalue weighted by atomic mass is 32.1. The molecule has 1 heterocycles. The number of hydrogen-bond donors (Lipinski definition) is 5. The molecule has 3 aromatic rings. The van der Waals surface area contributed by atoms with Crippen molar-refractivity contribution in [2.75, 3.05) is 0 Å². The van der Waals surface area contributed by atoms with Gasteiger partial charge < -0.3 is 20.3 Å². The van der Waals surface area contributed by atoms with Crippen molar-refractivity contribution in [1.29, 1.82) is 5.26 Å². The van der Waals surface area contributed by atoms with Crippen LogP contribution in [0.5, 0.6) is 17.4 Å². The van der Waals surface area contributed by atoms with Gasteiger partial charge in [-0.2, -0.15) is 5.26 Å². The predicted octanol–water partition coefficient (Wildman–Crippen LogP) is 2.24. The van der Waals surface area contributed by atoms with Gasteiger partial charge >= 0.3 is 0 Å². The summed E-state index contributed by atoms with van der Waals surface area (Å²) >= 11 is 4.75. The quantitative estimate of drug-likeness (QED) is 0.344. The number of aromatic nitrogens is 2. The van der Waals surface area contributed by atoms with E-state index in [4.69, 9.17) is 12.2 Å². The first-order valence-electron chi connectivity index (χ1n) is 6.38. The molecule has 3 rings (SSSR count). The van der Waals surface area contributed by atoms with Crippen LogP contribution in [0.3, 0.4) is 0 Å². The average Bonchev–Trinajstić information content (AvgIpc) is 2.51. The number of phenols is 2. The molecule has 0 fully saturated rings. The molecule has 0 aliphatic rings. The Bertz CT molecular complexity index is 1110. The van der Waals surface area contributed by atoms with E-state index in [1.54, 1.807) is 18.2 Å². The summed E-state index contributed by atoms with van der Waals surface area (Å²) in [7, 11) is 0. The molecule has 0 aliphatic carbocycles. The zero-order valence-corrected chi connectivity index (χ0v) is 12.2. The Hall–Kier alpha value is -3.31. The SMILES string of the molecule is N#Cc1c(-c2c(O)[nH]c(=S)[nH]c2=O)c(O)c2ccccc2c1O. The Balaban J connectivity index is 2.58. The lowest BCUT2D eigenvalue weighted by Crippen LogP contribution is -2.11. The van der Waals surface area contributed by atoms with Gasteiger partial charge in [0, 0.05) is 10.8 Å². The summed E-state index contributed by atoms with van der Waals surface area (Å²) in [5.74, 6) is -1.40. The van der Waals surface area contributed by atoms with Crippen molar-refractivity contribution < 1.29 is 15.3 Å². The molecular weight excluding hydrogens is 318 g/mol. The second kappa shape index (κ2) is 5.15. The molecule has 0 saturated carbocycles. The summed E-state index contributed by atoms with van der Waals surface area (Å²) in [5, 5.41) is 40.6. The third kappa shape index (κ3) is 2.11. The molecule has 0 atom stereocenters. The van der Waals surface area contributed by atoms with Crippen LogP contribution in [0.4, 0.5) is 0 Å². The molecule has 0 unspecified atom stereocenters. The van der Waals surface area contributed by atoms with Crippen LogP contribution in [0.2, 0.25) is 0 Å². The minimum atomic E-state index is -0.798. The normalized spacial score (nSPS) is 10.6. The predicted molar refractivity (Wildman–Crippen MR) is 84.9 cm³/mol. The van der Waals surface area contributed by atoms with Gasteiger partial charge in [0.2, 0.25) is 5.88 Å². The van der Waals surface area contributed by atoms with Crippen molar-refractivity contribution in [3.05, 3.63) is 45.0 Å². The maximum atomic E-state index is 12.1. The number of nitrogens with one attached hydrogen (secondary N) is 2. The molecule has 0 radical (unpaired) electrons. The average molecular weight is 327 g/mol. The Kier molecular flexibility index (Phi) is 3.28. The first-order chi connectivity index (χ1) is 11.0. The van der Waals surface area contributed by atoms with E-state index in [-0.39, 0.29) is 32.2 Å². The van der Waals surface area contributed by atoms with E-state index in [0.29, 0.717) is 0 Å². The van der Waals surface area contributed by atoms with Crippen LogP contribution in [-0.2, 0) is 0 Å². The zero-order valence-electron chi connectivity index (χ0n) is 11.4. The third-order valence-corrected chi connectivity index (χ3v) is 3.65. The molecule has 1 aromatic heterocycles. The zero-order chi connectivity index (χ0) is 16.7. The molecule has 0 bridgehead atoms. The molecule has 5 N–H and O–H groups in total. The Labute approximate surface area is 133 Å². The van der Waals surface area contributed by atoms with Gasteiger partial charge in [0.05, 0.1) is 5.56 Å². The van der Waals surface area contributed by atoms with E-state index in [1.807, 2.05) is 0 Å². The van der Waals surface area contributed by atoms with Crippen molar-refractivity contribution in [3.8, 4) is 34.6 Å². The van der Waals surface area contributed by atoms with E-state index in [1.165, 1.54) is 12.1 Å². The highest BCUT2D eigenvalue weighted by Gasteiger charge is 2.24. The number of phenolic OH excluding ortho intramolecular Hbond substituents is 2. The number of benzene rings is 2. The molecule has 8 heteroatoms. The van der Waals surface area contributed by atoms with Gasteiger partial charge in [-0.05, 0) is 12.2 Å². The van der Waals surface area contributed by atoms with E-state index < -0.39 is 22.9 Å². The van der Waals surface area contributed by atoms with Crippen LogP contribution in [0, 0.1) is 16.1 Å². The van der Waals surface area contributed by atoms with E-state index in [0.717, 1.165) is 0 Å². The van der Waals surface area contributed by atoms with Crippen LogP contribution < -0.4 is 5.56 Å². The van der Waals surface area contributed by atoms with Crippen LogP contribution in [-0.4, -0.2) is 25.3 Å². The largest absolute Gasteiger partial charge is 0.507 e. The topological polar surface area (TPSA) is 133 Å². The molecule has 2 aromatic carbocycles. The highest BCUT2D eigenvalue weighted by molar-refractivity contribution is 7.71. The van der Waals surface area contributed by atoms with Gasteiger partial charge in [0.15, 0.2) is 4.77 Å². The highest BCUT2D eigenvalue weighted by Crippen LogP contribution is 2.45. The maximum Gasteiger partial charge on any atom is 0.263 e. The number of fused-ring (bicyclic) bond motifs is 1. The monoisotopic (exact) mass is 327 g/mol. The second-order valence-electron chi connectivity index (χ2n) is 4.74. The van der Waals surface area contributed by atoms with Gasteiger partial charge in [-0.1, -0.05) is 24.3 Å². The minimum absolute atomic E-state index is 0.112. The number of aromatic hydroxyl groups is 3. The van der Waals surface area contributed by atoms with Gasteiger partial charge in [-0.15, -0.1) is 0 Å². The van der Waals surface area contributed by atoms with Crippen molar-refractivity contribution in [3.63, 3.8) is 0 Å². The number of aromatic amines is 2. The number of nitrogens with zero attached hydrogens (tertiary/aromatic N) is 1. The lowest BCUT2D eigenvalue weighted by atomic mass is 9.94. The van der Waals surface area contributed by atoms with Crippen LogP contribution in [0.25, 0.3) is 21.9 Å². The number of rotatable bonds is 1. The summed E-state index contributed by atoms with van der Waals surface area (Å²) in [6.45, 7) is 0. The summed E-state index contributed by atoms with van der Waals surface area (Å²) < 4.78 is -0.112. The molecule has 23 heavy (non-hydrogen) atoms.